The molecule has 136 valence electrons. The number of ketones is 1. The molecule has 0 aromatic carbocycles. The molecule has 0 saturated carbocycles. The van der Waals surface area contributed by atoms with E-state index in [9.17, 15) is 9.59 Å². The molecule has 0 amide bonds. The summed E-state index contributed by atoms with van der Waals surface area (Å²) in [5.41, 5.74) is 2.04. The fourth-order valence-corrected chi connectivity index (χ4v) is 4.09. The molecule has 0 bridgehead atoms. The van der Waals surface area contributed by atoms with Gasteiger partial charge in [0.15, 0.2) is 11.6 Å². The van der Waals surface area contributed by atoms with Crippen molar-refractivity contribution in [2.75, 3.05) is 7.11 Å². The van der Waals surface area contributed by atoms with Crippen LogP contribution in [0.2, 0.25) is 0 Å². The maximum Gasteiger partial charge on any atom is 0.339 e. The van der Waals surface area contributed by atoms with Crippen LogP contribution in [-0.4, -0.2) is 44.3 Å². The van der Waals surface area contributed by atoms with Gasteiger partial charge in [-0.05, 0) is 37.8 Å². The minimum absolute atomic E-state index is 0.117. The number of carbonyl (C=O) groups is 2. The zero-order valence-electron chi connectivity index (χ0n) is 14.7. The van der Waals surface area contributed by atoms with Gasteiger partial charge in [0.1, 0.15) is 0 Å². The highest BCUT2D eigenvalue weighted by molar-refractivity contribution is 8.00. The SMILES string of the molecule is COC(=O)c1c(C)[nH]c(C(=O)[C@@H](C)Sc2n[nH]c(-c3cccs3)n2)c1C. The third-order valence-corrected chi connectivity index (χ3v) is 5.78. The number of thioether (sulfide) groups is 1. The second-order valence-corrected chi connectivity index (χ2v) is 7.94. The Balaban J connectivity index is 1.77. The van der Waals surface area contributed by atoms with Crippen molar-refractivity contribution in [2.24, 2.45) is 0 Å². The number of nitrogens with zero attached hydrogens (tertiary/aromatic N) is 2. The first-order valence-electron chi connectivity index (χ1n) is 7.87. The van der Waals surface area contributed by atoms with Crippen molar-refractivity contribution in [1.82, 2.24) is 20.2 Å². The highest BCUT2D eigenvalue weighted by Crippen LogP contribution is 2.28. The molecule has 0 radical (unpaired) electrons. The van der Waals surface area contributed by atoms with Crippen molar-refractivity contribution < 1.29 is 14.3 Å². The zero-order chi connectivity index (χ0) is 18.8. The largest absolute Gasteiger partial charge is 0.465 e. The lowest BCUT2D eigenvalue weighted by Crippen LogP contribution is -2.15. The molecule has 1 atom stereocenters. The normalized spacial score (nSPS) is 12.2. The van der Waals surface area contributed by atoms with Gasteiger partial charge in [-0.1, -0.05) is 17.8 Å². The molecule has 0 fully saturated rings. The number of aromatic amines is 2. The lowest BCUT2D eigenvalue weighted by Gasteiger charge is -2.07. The van der Waals surface area contributed by atoms with Gasteiger partial charge in [-0.15, -0.1) is 16.4 Å². The number of Topliss-reactive ketones (excluding diaryl/α,β-unsaturated/α-hetero) is 1. The molecule has 3 aromatic rings. The molecule has 2 N–H and O–H groups in total. The molecule has 0 aliphatic carbocycles. The van der Waals surface area contributed by atoms with Gasteiger partial charge in [-0.2, -0.15) is 0 Å². The van der Waals surface area contributed by atoms with Gasteiger partial charge < -0.3 is 9.72 Å². The first-order valence-corrected chi connectivity index (χ1v) is 9.63. The topological polar surface area (TPSA) is 101 Å². The van der Waals surface area contributed by atoms with Crippen molar-refractivity contribution in [3.63, 3.8) is 0 Å². The van der Waals surface area contributed by atoms with E-state index >= 15 is 0 Å². The van der Waals surface area contributed by atoms with Crippen molar-refractivity contribution in [3.05, 3.63) is 40.0 Å². The van der Waals surface area contributed by atoms with Crippen LogP contribution < -0.4 is 0 Å². The molecule has 3 heterocycles. The molecule has 7 nitrogen and oxygen atoms in total. The van der Waals surface area contributed by atoms with Crippen LogP contribution in [-0.2, 0) is 4.74 Å². The van der Waals surface area contributed by atoms with E-state index in [0.29, 0.717) is 33.5 Å². The van der Waals surface area contributed by atoms with Crippen LogP contribution in [0.15, 0.2) is 22.7 Å². The number of carbonyl (C=O) groups excluding carboxylic acids is 2. The van der Waals surface area contributed by atoms with Gasteiger partial charge in [-0.25, -0.2) is 9.78 Å². The average Bonchev–Trinajstić information content (AvgIpc) is 3.34. The van der Waals surface area contributed by atoms with Crippen LogP contribution in [0, 0.1) is 13.8 Å². The van der Waals surface area contributed by atoms with E-state index in [2.05, 4.69) is 20.2 Å². The van der Waals surface area contributed by atoms with Crippen LogP contribution >= 0.6 is 23.1 Å². The molecule has 3 rings (SSSR count). The van der Waals surface area contributed by atoms with E-state index in [4.69, 9.17) is 4.74 Å². The number of thiophene rings is 1. The molecule has 9 heteroatoms. The second kappa shape index (κ2) is 7.46. The fraction of sp³-hybridized carbons (Fsp3) is 0.294. The quantitative estimate of drug-likeness (QED) is 0.379. The van der Waals surface area contributed by atoms with Crippen LogP contribution in [0.4, 0.5) is 0 Å². The van der Waals surface area contributed by atoms with Crippen molar-refractivity contribution in [1.29, 1.82) is 0 Å². The monoisotopic (exact) mass is 390 g/mol. The summed E-state index contributed by atoms with van der Waals surface area (Å²) < 4.78 is 4.79. The lowest BCUT2D eigenvalue weighted by molar-refractivity contribution is 0.0599. The van der Waals surface area contributed by atoms with Gasteiger partial charge in [0.05, 0.1) is 28.5 Å². The molecule has 0 saturated heterocycles. The summed E-state index contributed by atoms with van der Waals surface area (Å²) in [6.07, 6.45) is 0. The van der Waals surface area contributed by atoms with E-state index in [1.54, 1.807) is 32.1 Å². The minimum Gasteiger partial charge on any atom is -0.465 e. The summed E-state index contributed by atoms with van der Waals surface area (Å²) >= 11 is 2.83. The minimum atomic E-state index is -0.454. The number of hydrogen-bond donors (Lipinski definition) is 2. The average molecular weight is 390 g/mol. The first-order chi connectivity index (χ1) is 12.4. The number of aryl methyl sites for hydroxylation is 1. The summed E-state index contributed by atoms with van der Waals surface area (Å²) in [6.45, 7) is 5.28. The number of esters is 1. The predicted octanol–water partition coefficient (Wildman–Crippen LogP) is 3.63. The highest BCUT2D eigenvalue weighted by atomic mass is 32.2. The summed E-state index contributed by atoms with van der Waals surface area (Å²) in [5.74, 6) is 0.111. The Hall–Kier alpha value is -2.39. The molecule has 26 heavy (non-hydrogen) atoms. The molecule has 3 aromatic heterocycles. The summed E-state index contributed by atoms with van der Waals surface area (Å²) in [7, 11) is 1.32. The Morgan fingerprint density at radius 2 is 2.12 bits per heavy atom. The van der Waals surface area contributed by atoms with Crippen molar-refractivity contribution >= 4 is 34.9 Å². The van der Waals surface area contributed by atoms with Gasteiger partial charge in [0.25, 0.3) is 0 Å². The Labute approximate surface area is 158 Å². The third kappa shape index (κ3) is 3.45. The Morgan fingerprint density at radius 1 is 1.35 bits per heavy atom. The van der Waals surface area contributed by atoms with E-state index in [1.807, 2.05) is 17.5 Å². The van der Waals surface area contributed by atoms with Crippen LogP contribution in [0.1, 0.15) is 39.0 Å². The number of hydrogen-bond acceptors (Lipinski definition) is 7. The van der Waals surface area contributed by atoms with Crippen molar-refractivity contribution in [3.8, 4) is 10.7 Å². The Bertz CT molecular complexity index is 944. The van der Waals surface area contributed by atoms with Crippen LogP contribution in [0.3, 0.4) is 0 Å². The van der Waals surface area contributed by atoms with Gasteiger partial charge in [0.2, 0.25) is 5.16 Å². The van der Waals surface area contributed by atoms with E-state index < -0.39 is 11.2 Å². The maximum absolute atomic E-state index is 12.8. The molecular weight excluding hydrogens is 372 g/mol. The highest BCUT2D eigenvalue weighted by Gasteiger charge is 2.26. The van der Waals surface area contributed by atoms with Gasteiger partial charge >= 0.3 is 5.97 Å². The predicted molar refractivity (Wildman–Crippen MR) is 101 cm³/mol. The second-order valence-electron chi connectivity index (χ2n) is 5.68. The lowest BCUT2D eigenvalue weighted by atomic mass is 10.1. The number of H-pyrrole nitrogens is 2. The van der Waals surface area contributed by atoms with Gasteiger partial charge in [-0.3, -0.25) is 9.89 Å². The number of nitrogens with one attached hydrogen (secondary N) is 2. The number of ether oxygens (including phenoxy) is 1. The third-order valence-electron chi connectivity index (χ3n) is 3.94. The summed E-state index contributed by atoms with van der Waals surface area (Å²) in [4.78, 5) is 33.1. The van der Waals surface area contributed by atoms with E-state index in [-0.39, 0.29) is 5.78 Å². The number of methoxy groups -OCH3 is 1. The molecule has 0 spiro atoms. The zero-order valence-corrected chi connectivity index (χ0v) is 16.4. The number of aromatic nitrogens is 4. The summed E-state index contributed by atoms with van der Waals surface area (Å²) in [5, 5.41) is 9.11. The van der Waals surface area contributed by atoms with Gasteiger partial charge in [0, 0.05) is 5.69 Å². The van der Waals surface area contributed by atoms with Crippen LogP contribution in [0.5, 0.6) is 0 Å². The summed E-state index contributed by atoms with van der Waals surface area (Å²) in [6, 6.07) is 3.89. The first kappa shape index (κ1) is 18.4. The Kier molecular flexibility index (Phi) is 5.28. The van der Waals surface area contributed by atoms with E-state index in [1.165, 1.54) is 18.9 Å². The van der Waals surface area contributed by atoms with Crippen molar-refractivity contribution in [2.45, 2.75) is 31.2 Å². The maximum atomic E-state index is 12.8. The molecule has 0 aliphatic rings. The molecular formula is C17H18N4O3S2. The molecule has 0 aliphatic heterocycles. The van der Waals surface area contributed by atoms with E-state index in [0.717, 1.165) is 4.88 Å². The smallest absolute Gasteiger partial charge is 0.339 e. The molecule has 0 unspecified atom stereocenters. The van der Waals surface area contributed by atoms with Crippen LogP contribution in [0.25, 0.3) is 10.7 Å². The number of rotatable bonds is 6. The standard InChI is InChI=1S/C17H18N4O3S2/c1-8-12(16(23)24-4)9(2)18-13(8)14(22)10(3)26-17-19-15(20-21-17)11-6-5-7-25-11/h5-7,10,18H,1-4H3,(H,19,20,21)/t10-/m1/s1. The fourth-order valence-electron chi connectivity index (χ4n) is 2.64. The Morgan fingerprint density at radius 3 is 2.77 bits per heavy atom.